The molecule has 0 saturated carbocycles. The molecule has 5 heteroatoms. The average Bonchev–Trinajstić information content (AvgIpc) is 3.35. The molecular weight excluding hydrogens is 310 g/mol. The predicted molar refractivity (Wildman–Crippen MR) is 99.8 cm³/mol. The van der Waals surface area contributed by atoms with Crippen molar-refractivity contribution < 1.29 is 0 Å². The Morgan fingerprint density at radius 1 is 1.00 bits per heavy atom. The molecule has 1 spiro atoms. The quantitative estimate of drug-likeness (QED) is 0.722. The number of anilines is 1. The van der Waals surface area contributed by atoms with Crippen LogP contribution in [0.1, 0.15) is 12.8 Å². The zero-order valence-electron chi connectivity index (χ0n) is 14.6. The maximum Gasteiger partial charge on any atom is 0.157 e. The molecule has 2 aliphatic rings. The summed E-state index contributed by atoms with van der Waals surface area (Å²) >= 11 is 0. The first kappa shape index (κ1) is 14.9. The molecule has 1 aromatic carbocycles. The van der Waals surface area contributed by atoms with E-state index in [9.17, 15) is 0 Å². The van der Waals surface area contributed by atoms with Gasteiger partial charge in [-0.2, -0.15) is 9.61 Å². The Balaban J connectivity index is 1.56. The second-order valence-corrected chi connectivity index (χ2v) is 7.63. The Bertz CT molecular complexity index is 903. The molecule has 5 rings (SSSR count). The van der Waals surface area contributed by atoms with Gasteiger partial charge in [-0.25, -0.2) is 4.98 Å². The van der Waals surface area contributed by atoms with Crippen LogP contribution in [0.2, 0.25) is 0 Å². The molecule has 0 bridgehead atoms. The number of aromatic nitrogens is 3. The lowest BCUT2D eigenvalue weighted by Crippen LogP contribution is -2.30. The van der Waals surface area contributed by atoms with E-state index < -0.39 is 0 Å². The smallest absolute Gasteiger partial charge is 0.157 e. The van der Waals surface area contributed by atoms with Gasteiger partial charge in [0.05, 0.1) is 11.9 Å². The lowest BCUT2D eigenvalue weighted by Gasteiger charge is -2.25. The molecule has 0 amide bonds. The van der Waals surface area contributed by atoms with Gasteiger partial charge < -0.3 is 9.80 Å². The highest BCUT2D eigenvalue weighted by Gasteiger charge is 2.43. The fourth-order valence-electron chi connectivity index (χ4n) is 4.50. The summed E-state index contributed by atoms with van der Waals surface area (Å²) in [5.74, 6) is 1.17. The van der Waals surface area contributed by atoms with Crippen LogP contribution in [-0.2, 0) is 0 Å². The minimum Gasteiger partial charge on any atom is -0.356 e. The summed E-state index contributed by atoms with van der Waals surface area (Å²) in [6.07, 6.45) is 4.41. The van der Waals surface area contributed by atoms with Crippen molar-refractivity contribution in [1.82, 2.24) is 19.5 Å². The summed E-state index contributed by atoms with van der Waals surface area (Å²) < 4.78 is 1.99. The van der Waals surface area contributed by atoms with Crippen LogP contribution in [0.25, 0.3) is 16.9 Å². The van der Waals surface area contributed by atoms with Crippen molar-refractivity contribution in [2.75, 3.05) is 38.1 Å². The summed E-state index contributed by atoms with van der Waals surface area (Å²) in [5, 5.41) is 4.53. The minimum atomic E-state index is 0.449. The van der Waals surface area contributed by atoms with Crippen molar-refractivity contribution in [2.24, 2.45) is 5.41 Å². The summed E-state index contributed by atoms with van der Waals surface area (Å²) in [6, 6.07) is 14.6. The van der Waals surface area contributed by atoms with Crippen molar-refractivity contribution in [2.45, 2.75) is 12.8 Å². The molecule has 3 aromatic rings. The van der Waals surface area contributed by atoms with Crippen LogP contribution in [0.3, 0.4) is 0 Å². The van der Waals surface area contributed by atoms with E-state index >= 15 is 0 Å². The first-order valence-electron chi connectivity index (χ1n) is 9.06. The Labute approximate surface area is 147 Å². The summed E-state index contributed by atoms with van der Waals surface area (Å²) in [5.41, 5.74) is 3.54. The fraction of sp³-hybridized carbons (Fsp3) is 0.400. The molecular formula is C20H23N5. The Morgan fingerprint density at radius 3 is 2.64 bits per heavy atom. The average molecular weight is 333 g/mol. The fourth-order valence-corrected chi connectivity index (χ4v) is 4.50. The second-order valence-electron chi connectivity index (χ2n) is 7.63. The van der Waals surface area contributed by atoms with Gasteiger partial charge in [-0.05, 0) is 26.4 Å². The van der Waals surface area contributed by atoms with Gasteiger partial charge in [0, 0.05) is 42.7 Å². The van der Waals surface area contributed by atoms with E-state index in [0.717, 1.165) is 30.0 Å². The Morgan fingerprint density at radius 2 is 1.84 bits per heavy atom. The molecule has 1 unspecified atom stereocenters. The van der Waals surface area contributed by atoms with E-state index in [0.29, 0.717) is 5.41 Å². The number of fused-ring (bicyclic) bond motifs is 1. The van der Waals surface area contributed by atoms with Gasteiger partial charge in [-0.3, -0.25) is 0 Å². The third-order valence-electron chi connectivity index (χ3n) is 5.80. The van der Waals surface area contributed by atoms with Gasteiger partial charge >= 0.3 is 0 Å². The van der Waals surface area contributed by atoms with Gasteiger partial charge in [0.2, 0.25) is 0 Å². The van der Waals surface area contributed by atoms with Crippen LogP contribution >= 0.6 is 0 Å². The zero-order valence-corrected chi connectivity index (χ0v) is 14.6. The van der Waals surface area contributed by atoms with Crippen LogP contribution in [0.4, 0.5) is 5.82 Å². The molecule has 2 fully saturated rings. The monoisotopic (exact) mass is 333 g/mol. The molecule has 2 aromatic heterocycles. The van der Waals surface area contributed by atoms with Gasteiger partial charge in [0.1, 0.15) is 5.82 Å². The molecule has 5 nitrogen and oxygen atoms in total. The predicted octanol–water partition coefficient (Wildman–Crippen LogP) is 2.93. The molecule has 128 valence electrons. The lowest BCUT2D eigenvalue weighted by atomic mass is 9.86. The van der Waals surface area contributed by atoms with Crippen LogP contribution in [-0.4, -0.2) is 52.7 Å². The Hall–Kier alpha value is -2.40. The number of hydrogen-bond acceptors (Lipinski definition) is 4. The number of benzene rings is 1. The van der Waals surface area contributed by atoms with E-state index in [-0.39, 0.29) is 0 Å². The summed E-state index contributed by atoms with van der Waals surface area (Å²) in [6.45, 7) is 4.64. The van der Waals surface area contributed by atoms with Crippen LogP contribution in [0, 0.1) is 5.41 Å². The third kappa shape index (κ3) is 2.50. The molecule has 1 atom stereocenters. The van der Waals surface area contributed by atoms with Crippen LogP contribution in [0.5, 0.6) is 0 Å². The molecule has 25 heavy (non-hydrogen) atoms. The molecule has 0 radical (unpaired) electrons. The van der Waals surface area contributed by atoms with Crippen molar-refractivity contribution in [3.63, 3.8) is 0 Å². The molecule has 2 aliphatic heterocycles. The maximum atomic E-state index is 4.80. The van der Waals surface area contributed by atoms with Crippen LogP contribution < -0.4 is 4.90 Å². The van der Waals surface area contributed by atoms with Crippen LogP contribution in [0.15, 0.2) is 48.7 Å². The topological polar surface area (TPSA) is 36.7 Å². The first-order chi connectivity index (χ1) is 12.2. The highest BCUT2D eigenvalue weighted by Crippen LogP contribution is 2.41. The third-order valence-corrected chi connectivity index (χ3v) is 5.80. The SMILES string of the molecule is CN1CCC2(CCN(c3cc(-c4ccccc4)nc4ccnn34)C2)C1. The normalized spacial score (nSPS) is 24.0. The van der Waals surface area contributed by atoms with E-state index in [1.54, 1.807) is 0 Å². The van der Waals surface area contributed by atoms with Gasteiger partial charge in [0.25, 0.3) is 0 Å². The van der Waals surface area contributed by atoms with Crippen molar-refractivity contribution in [3.8, 4) is 11.3 Å². The zero-order chi connectivity index (χ0) is 16.9. The van der Waals surface area contributed by atoms with Crippen molar-refractivity contribution >= 4 is 11.5 Å². The largest absolute Gasteiger partial charge is 0.356 e. The van der Waals surface area contributed by atoms with E-state index in [1.165, 1.54) is 31.7 Å². The highest BCUT2D eigenvalue weighted by atomic mass is 15.4. The van der Waals surface area contributed by atoms with E-state index in [4.69, 9.17) is 4.98 Å². The Kier molecular flexibility index (Phi) is 3.31. The van der Waals surface area contributed by atoms with E-state index in [2.05, 4.69) is 52.3 Å². The maximum absolute atomic E-state index is 4.80. The van der Waals surface area contributed by atoms with E-state index in [1.807, 2.05) is 22.8 Å². The number of nitrogens with zero attached hydrogens (tertiary/aromatic N) is 5. The second kappa shape index (κ2) is 5.56. The molecule has 2 saturated heterocycles. The summed E-state index contributed by atoms with van der Waals surface area (Å²) in [7, 11) is 2.24. The standard InChI is InChI=1S/C20H23N5/c1-23-11-8-20(14-23)9-12-24(15-20)19-13-17(16-5-3-2-4-6-16)22-18-7-10-21-25(18)19/h2-7,10,13H,8-9,11-12,14-15H2,1H3. The number of rotatable bonds is 2. The molecule has 0 aliphatic carbocycles. The summed E-state index contributed by atoms with van der Waals surface area (Å²) in [4.78, 5) is 9.78. The van der Waals surface area contributed by atoms with Crippen molar-refractivity contribution in [1.29, 1.82) is 0 Å². The van der Waals surface area contributed by atoms with Gasteiger partial charge in [-0.1, -0.05) is 30.3 Å². The number of likely N-dealkylation sites (tertiary alicyclic amines) is 1. The first-order valence-corrected chi connectivity index (χ1v) is 9.06. The van der Waals surface area contributed by atoms with Gasteiger partial charge in [-0.15, -0.1) is 0 Å². The van der Waals surface area contributed by atoms with Gasteiger partial charge in [0.15, 0.2) is 5.65 Å². The number of hydrogen-bond donors (Lipinski definition) is 0. The molecule has 0 N–H and O–H groups in total. The van der Waals surface area contributed by atoms with Crippen molar-refractivity contribution in [3.05, 3.63) is 48.7 Å². The minimum absolute atomic E-state index is 0.449. The lowest BCUT2D eigenvalue weighted by molar-refractivity contribution is 0.312. The molecule has 4 heterocycles. The highest BCUT2D eigenvalue weighted by molar-refractivity contribution is 5.67.